The molecule has 2 aliphatic rings. The molecule has 142 valence electrons. The van der Waals surface area contributed by atoms with Crippen molar-refractivity contribution in [2.75, 3.05) is 11.4 Å². The summed E-state index contributed by atoms with van der Waals surface area (Å²) in [6.45, 7) is 8.06. The SMILES string of the molecule is CC(C)(C)OC(=O)N1Cc2nc(Cl)nc(N3CCc4ccccc4C3)c2C1. The van der Waals surface area contributed by atoms with Gasteiger partial charge in [0.1, 0.15) is 11.4 Å². The van der Waals surface area contributed by atoms with Gasteiger partial charge in [-0.15, -0.1) is 0 Å². The van der Waals surface area contributed by atoms with Crippen molar-refractivity contribution in [3.8, 4) is 0 Å². The van der Waals surface area contributed by atoms with Gasteiger partial charge in [0.05, 0.1) is 18.8 Å². The number of hydrogen-bond acceptors (Lipinski definition) is 5. The molecule has 7 heteroatoms. The second-order valence-electron chi connectivity index (χ2n) is 8.02. The smallest absolute Gasteiger partial charge is 0.410 e. The highest BCUT2D eigenvalue weighted by Crippen LogP contribution is 2.33. The Morgan fingerprint density at radius 3 is 2.59 bits per heavy atom. The number of halogens is 1. The molecule has 6 nitrogen and oxygen atoms in total. The van der Waals surface area contributed by atoms with Crippen LogP contribution in [0.15, 0.2) is 24.3 Å². The number of rotatable bonds is 1. The minimum Gasteiger partial charge on any atom is -0.444 e. The molecular formula is C20H23ClN4O2. The Hall–Kier alpha value is -2.34. The maximum atomic E-state index is 12.5. The molecular weight excluding hydrogens is 364 g/mol. The fraction of sp³-hybridized carbons (Fsp3) is 0.450. The third kappa shape index (κ3) is 3.72. The van der Waals surface area contributed by atoms with Crippen LogP contribution in [0.1, 0.15) is 43.2 Å². The second-order valence-corrected chi connectivity index (χ2v) is 8.36. The van der Waals surface area contributed by atoms with Gasteiger partial charge in [-0.2, -0.15) is 0 Å². The molecule has 0 bridgehead atoms. The Labute approximate surface area is 164 Å². The molecule has 0 atom stereocenters. The van der Waals surface area contributed by atoms with Crippen LogP contribution in [0.25, 0.3) is 0 Å². The lowest BCUT2D eigenvalue weighted by atomic mass is 9.99. The highest BCUT2D eigenvalue weighted by molar-refractivity contribution is 6.28. The summed E-state index contributed by atoms with van der Waals surface area (Å²) in [5.74, 6) is 0.825. The van der Waals surface area contributed by atoms with Gasteiger partial charge < -0.3 is 9.64 Å². The fourth-order valence-corrected chi connectivity index (χ4v) is 3.78. The van der Waals surface area contributed by atoms with Crippen molar-refractivity contribution < 1.29 is 9.53 Å². The highest BCUT2D eigenvalue weighted by atomic mass is 35.5. The van der Waals surface area contributed by atoms with Gasteiger partial charge in [-0.3, -0.25) is 4.90 Å². The molecule has 2 aliphatic heterocycles. The minimum atomic E-state index is -0.533. The van der Waals surface area contributed by atoms with Crippen LogP contribution >= 0.6 is 11.6 Å². The molecule has 1 aromatic carbocycles. The number of amides is 1. The molecule has 0 aliphatic carbocycles. The van der Waals surface area contributed by atoms with E-state index in [4.69, 9.17) is 16.3 Å². The van der Waals surface area contributed by atoms with Crippen LogP contribution in [0.2, 0.25) is 5.28 Å². The first-order chi connectivity index (χ1) is 12.8. The number of carbonyl (C=O) groups excluding carboxylic acids is 1. The van der Waals surface area contributed by atoms with Gasteiger partial charge in [0.15, 0.2) is 0 Å². The molecule has 0 radical (unpaired) electrons. The van der Waals surface area contributed by atoms with Crippen LogP contribution in [-0.4, -0.2) is 33.1 Å². The van der Waals surface area contributed by atoms with Gasteiger partial charge in [0.2, 0.25) is 5.28 Å². The number of nitrogens with zero attached hydrogens (tertiary/aromatic N) is 4. The summed E-state index contributed by atoms with van der Waals surface area (Å²) in [4.78, 5) is 25.2. The number of ether oxygens (including phenoxy) is 1. The van der Waals surface area contributed by atoms with E-state index in [-0.39, 0.29) is 11.4 Å². The van der Waals surface area contributed by atoms with E-state index in [0.717, 1.165) is 36.6 Å². The molecule has 1 aromatic heterocycles. The van der Waals surface area contributed by atoms with Crippen molar-refractivity contribution in [2.45, 2.75) is 52.4 Å². The van der Waals surface area contributed by atoms with E-state index in [9.17, 15) is 4.79 Å². The van der Waals surface area contributed by atoms with E-state index in [2.05, 4.69) is 39.1 Å². The number of carbonyl (C=O) groups is 1. The molecule has 0 saturated heterocycles. The van der Waals surface area contributed by atoms with E-state index >= 15 is 0 Å². The van der Waals surface area contributed by atoms with E-state index in [1.54, 1.807) is 4.90 Å². The van der Waals surface area contributed by atoms with Crippen molar-refractivity contribution in [1.82, 2.24) is 14.9 Å². The third-order valence-electron chi connectivity index (χ3n) is 4.82. The predicted octanol–water partition coefficient (Wildman–Crippen LogP) is 3.94. The summed E-state index contributed by atoms with van der Waals surface area (Å²) in [5, 5.41) is 0.216. The zero-order valence-corrected chi connectivity index (χ0v) is 16.6. The molecule has 0 saturated carbocycles. The lowest BCUT2D eigenvalue weighted by molar-refractivity contribution is 0.0241. The number of anilines is 1. The zero-order chi connectivity index (χ0) is 19.2. The molecule has 3 heterocycles. The standard InChI is InChI=1S/C20H23ClN4O2/c1-20(2,3)27-19(26)25-11-15-16(12-25)22-18(21)23-17(15)24-9-8-13-6-4-5-7-14(13)10-24/h4-7H,8-12H2,1-3H3. The molecule has 0 spiro atoms. The first-order valence-electron chi connectivity index (χ1n) is 9.15. The van der Waals surface area contributed by atoms with Gasteiger partial charge in [-0.25, -0.2) is 14.8 Å². The predicted molar refractivity (Wildman–Crippen MR) is 104 cm³/mol. The first kappa shape index (κ1) is 18.0. The first-order valence-corrected chi connectivity index (χ1v) is 9.53. The Morgan fingerprint density at radius 1 is 1.11 bits per heavy atom. The van der Waals surface area contributed by atoms with Crippen LogP contribution in [0, 0.1) is 0 Å². The van der Waals surface area contributed by atoms with E-state index in [1.165, 1.54) is 11.1 Å². The molecule has 0 fully saturated rings. The summed E-state index contributed by atoms with van der Waals surface area (Å²) in [7, 11) is 0. The summed E-state index contributed by atoms with van der Waals surface area (Å²) >= 11 is 6.20. The summed E-state index contributed by atoms with van der Waals surface area (Å²) < 4.78 is 5.51. The minimum absolute atomic E-state index is 0.216. The molecule has 0 unspecified atom stereocenters. The second kappa shape index (κ2) is 6.68. The maximum absolute atomic E-state index is 12.5. The van der Waals surface area contributed by atoms with Gasteiger partial charge in [-0.05, 0) is 49.9 Å². The van der Waals surface area contributed by atoms with Gasteiger partial charge in [0, 0.05) is 18.7 Å². The van der Waals surface area contributed by atoms with E-state index in [0.29, 0.717) is 13.1 Å². The average molecular weight is 387 g/mol. The highest BCUT2D eigenvalue weighted by Gasteiger charge is 2.33. The Morgan fingerprint density at radius 2 is 1.85 bits per heavy atom. The van der Waals surface area contributed by atoms with Crippen LogP contribution in [-0.2, 0) is 30.8 Å². The van der Waals surface area contributed by atoms with Crippen molar-refractivity contribution >= 4 is 23.5 Å². The van der Waals surface area contributed by atoms with Crippen molar-refractivity contribution in [1.29, 1.82) is 0 Å². The Bertz CT molecular complexity index is 894. The topological polar surface area (TPSA) is 58.6 Å². The van der Waals surface area contributed by atoms with Crippen LogP contribution in [0.5, 0.6) is 0 Å². The zero-order valence-electron chi connectivity index (χ0n) is 15.8. The number of aromatic nitrogens is 2. The van der Waals surface area contributed by atoms with Gasteiger partial charge in [0.25, 0.3) is 0 Å². The van der Waals surface area contributed by atoms with Gasteiger partial charge in [-0.1, -0.05) is 24.3 Å². The van der Waals surface area contributed by atoms with Gasteiger partial charge >= 0.3 is 6.09 Å². The average Bonchev–Trinajstić information content (AvgIpc) is 3.03. The molecule has 27 heavy (non-hydrogen) atoms. The molecule has 0 N–H and O–H groups in total. The summed E-state index contributed by atoms with van der Waals surface area (Å²) in [6, 6.07) is 8.46. The van der Waals surface area contributed by atoms with Crippen molar-refractivity contribution in [3.63, 3.8) is 0 Å². The number of hydrogen-bond donors (Lipinski definition) is 0. The lowest BCUT2D eigenvalue weighted by Gasteiger charge is -2.31. The summed E-state index contributed by atoms with van der Waals surface area (Å²) in [5.41, 5.74) is 3.91. The van der Waals surface area contributed by atoms with E-state index < -0.39 is 5.60 Å². The molecule has 4 rings (SSSR count). The van der Waals surface area contributed by atoms with Crippen molar-refractivity contribution in [2.24, 2.45) is 0 Å². The normalized spacial score (nSPS) is 16.1. The Kier molecular flexibility index (Phi) is 4.46. The van der Waals surface area contributed by atoms with Crippen LogP contribution in [0.3, 0.4) is 0 Å². The monoisotopic (exact) mass is 386 g/mol. The van der Waals surface area contributed by atoms with Crippen molar-refractivity contribution in [3.05, 3.63) is 51.9 Å². The van der Waals surface area contributed by atoms with E-state index in [1.807, 2.05) is 20.8 Å². The molecule has 1 amide bonds. The fourth-order valence-electron chi connectivity index (χ4n) is 3.60. The molecule has 2 aromatic rings. The van der Waals surface area contributed by atoms with Crippen LogP contribution in [0.4, 0.5) is 10.6 Å². The largest absolute Gasteiger partial charge is 0.444 e. The number of fused-ring (bicyclic) bond motifs is 2. The Balaban J connectivity index is 1.60. The maximum Gasteiger partial charge on any atom is 0.410 e. The summed E-state index contributed by atoms with van der Waals surface area (Å²) in [6.07, 6.45) is 0.620. The van der Waals surface area contributed by atoms with Crippen LogP contribution < -0.4 is 4.90 Å². The third-order valence-corrected chi connectivity index (χ3v) is 4.98. The lowest BCUT2D eigenvalue weighted by Crippen LogP contribution is -2.34. The quantitative estimate of drug-likeness (QED) is 0.694. The number of benzene rings is 1.